The van der Waals surface area contributed by atoms with Crippen molar-refractivity contribution >= 4 is 151 Å². The van der Waals surface area contributed by atoms with Crippen molar-refractivity contribution in [2.75, 3.05) is 0 Å². The van der Waals surface area contributed by atoms with Crippen LogP contribution < -0.4 is 0 Å². The van der Waals surface area contributed by atoms with Crippen LogP contribution in [0.1, 0.15) is 11.1 Å². The lowest BCUT2D eigenvalue weighted by atomic mass is 9.84. The standard InChI is InChI=1S/C68H34N4O2S2/c69-35-49-63(43-21-13-27-57-64(43)41-19-3-9-25-55(41)73-57)50(36-70)68(72-52-24-8-2-16-38(52)46-32-48-40-18-6-12-30-60(40)76-62(48)34-54(46)72)66(44-22-14-28-58-65(44)42-20-4-10-26-56(42)74-58)67(49)71-51-23-7-1-15-37(51)45-31-47-39-17-5-11-29-59(39)75-61(47)33-53(45)71/h1-34H. The molecule has 0 atom stereocenters. The number of rotatable bonds is 4. The summed E-state index contributed by atoms with van der Waals surface area (Å²) in [6.45, 7) is 0. The summed E-state index contributed by atoms with van der Waals surface area (Å²) in [6.07, 6.45) is 0. The van der Waals surface area contributed by atoms with Gasteiger partial charge in [-0.3, -0.25) is 0 Å². The first kappa shape index (κ1) is 41.5. The average molecular weight is 1000 g/mol. The van der Waals surface area contributed by atoms with E-state index in [2.05, 4.69) is 167 Å². The van der Waals surface area contributed by atoms with E-state index < -0.39 is 0 Å². The zero-order valence-electron chi connectivity index (χ0n) is 40.1. The highest BCUT2D eigenvalue weighted by Gasteiger charge is 2.34. The van der Waals surface area contributed by atoms with E-state index in [1.54, 1.807) is 22.7 Å². The highest BCUT2D eigenvalue weighted by atomic mass is 32.1. The van der Waals surface area contributed by atoms with Crippen LogP contribution in [-0.4, -0.2) is 9.13 Å². The van der Waals surface area contributed by atoms with Crippen molar-refractivity contribution in [3.05, 3.63) is 217 Å². The molecule has 0 aliphatic rings. The Labute approximate surface area is 439 Å². The van der Waals surface area contributed by atoms with Gasteiger partial charge in [-0.1, -0.05) is 133 Å². The minimum atomic E-state index is 0.365. The first-order valence-electron chi connectivity index (χ1n) is 25.2. The van der Waals surface area contributed by atoms with Crippen LogP contribution in [0.3, 0.4) is 0 Å². The van der Waals surface area contributed by atoms with E-state index in [0.29, 0.717) is 39.2 Å². The van der Waals surface area contributed by atoms with E-state index in [-0.39, 0.29) is 0 Å². The van der Waals surface area contributed by atoms with E-state index in [4.69, 9.17) is 8.83 Å². The number of thiophene rings is 2. The molecule has 76 heavy (non-hydrogen) atoms. The third kappa shape index (κ3) is 5.45. The van der Waals surface area contributed by atoms with Gasteiger partial charge in [0, 0.05) is 94.6 Å². The molecule has 0 unspecified atom stereocenters. The van der Waals surface area contributed by atoms with Crippen molar-refractivity contribution in [3.63, 3.8) is 0 Å². The number of hydrogen-bond acceptors (Lipinski definition) is 6. The van der Waals surface area contributed by atoms with Gasteiger partial charge in [0.2, 0.25) is 0 Å². The van der Waals surface area contributed by atoms with Crippen LogP contribution in [0.2, 0.25) is 0 Å². The molecule has 11 aromatic carbocycles. The molecule has 6 nitrogen and oxygen atoms in total. The molecule has 0 bridgehead atoms. The smallest absolute Gasteiger partial charge is 0.136 e. The van der Waals surface area contributed by atoms with Gasteiger partial charge in [-0.15, -0.1) is 22.7 Å². The minimum absolute atomic E-state index is 0.365. The van der Waals surface area contributed by atoms with Gasteiger partial charge in [-0.2, -0.15) is 10.5 Å². The van der Waals surface area contributed by atoms with Crippen molar-refractivity contribution < 1.29 is 8.83 Å². The summed E-state index contributed by atoms with van der Waals surface area (Å²) in [5, 5.41) is 37.5. The topological polar surface area (TPSA) is 83.7 Å². The van der Waals surface area contributed by atoms with Crippen molar-refractivity contribution in [2.45, 2.75) is 0 Å². The first-order valence-corrected chi connectivity index (χ1v) is 26.8. The molecule has 0 radical (unpaired) electrons. The van der Waals surface area contributed by atoms with Crippen LogP contribution in [0.5, 0.6) is 0 Å². The van der Waals surface area contributed by atoms with Crippen molar-refractivity contribution in [3.8, 4) is 45.8 Å². The number of hydrogen-bond donors (Lipinski definition) is 0. The highest BCUT2D eigenvalue weighted by molar-refractivity contribution is 7.26. The van der Waals surface area contributed by atoms with Gasteiger partial charge in [-0.25, -0.2) is 0 Å². The SMILES string of the molecule is N#Cc1c(-c2cccc3oc4ccccc4c23)c(C#N)c(-n2c3ccccc3c3cc4c(cc32)sc2ccccc24)c(-c2cccc3oc4ccccc4c23)c1-n1c2ccccc2c2cc3c(cc21)sc1ccccc13. The molecular formula is C68H34N4O2S2. The molecule has 6 heterocycles. The third-order valence-corrected chi connectivity index (χ3v) is 18.1. The molecule has 0 spiro atoms. The van der Waals surface area contributed by atoms with E-state index >= 15 is 0 Å². The predicted octanol–water partition coefficient (Wildman–Crippen LogP) is 19.5. The Morgan fingerprint density at radius 3 is 1.18 bits per heavy atom. The molecule has 0 saturated heterocycles. The van der Waals surface area contributed by atoms with E-state index in [1.807, 2.05) is 60.7 Å². The first-order chi connectivity index (χ1) is 37.6. The molecule has 0 saturated carbocycles. The number of fused-ring (bicyclic) bond motifs is 18. The molecule has 0 aliphatic heterocycles. The van der Waals surface area contributed by atoms with E-state index in [9.17, 15) is 10.5 Å². The molecule has 8 heteroatoms. The van der Waals surface area contributed by atoms with Crippen LogP contribution in [0.25, 0.3) is 161 Å². The number of nitrogens with zero attached hydrogens (tertiary/aromatic N) is 4. The van der Waals surface area contributed by atoms with Crippen molar-refractivity contribution in [1.82, 2.24) is 9.13 Å². The fourth-order valence-electron chi connectivity index (χ4n) is 12.7. The third-order valence-electron chi connectivity index (χ3n) is 15.8. The van der Waals surface area contributed by atoms with Gasteiger partial charge in [0.1, 0.15) is 34.5 Å². The quantitative estimate of drug-likeness (QED) is 0.176. The second-order valence-electron chi connectivity index (χ2n) is 19.6. The Morgan fingerprint density at radius 2 is 0.711 bits per heavy atom. The molecule has 6 aromatic heterocycles. The molecule has 17 aromatic rings. The number of nitriles is 2. The van der Waals surface area contributed by atoms with Crippen LogP contribution in [0.15, 0.2) is 215 Å². The second kappa shape index (κ2) is 15.3. The number of benzene rings is 11. The summed E-state index contributed by atoms with van der Waals surface area (Å²) in [5.41, 5.74) is 11.5. The summed E-state index contributed by atoms with van der Waals surface area (Å²) >= 11 is 3.55. The summed E-state index contributed by atoms with van der Waals surface area (Å²) < 4.78 is 22.7. The number of para-hydroxylation sites is 4. The maximum atomic E-state index is 12.5. The summed E-state index contributed by atoms with van der Waals surface area (Å²) in [4.78, 5) is 0. The Balaban J connectivity index is 1.17. The molecule has 0 fully saturated rings. The molecule has 0 aliphatic carbocycles. The molecule has 0 N–H and O–H groups in total. The van der Waals surface area contributed by atoms with Crippen molar-refractivity contribution in [2.24, 2.45) is 0 Å². The average Bonchev–Trinajstić information content (AvgIpc) is 4.48. The van der Waals surface area contributed by atoms with Gasteiger partial charge < -0.3 is 18.0 Å². The van der Waals surface area contributed by atoms with Crippen LogP contribution >= 0.6 is 22.7 Å². The highest BCUT2D eigenvalue weighted by Crippen LogP contribution is 2.53. The fourth-order valence-corrected chi connectivity index (χ4v) is 15.0. The van der Waals surface area contributed by atoms with E-state index in [0.717, 1.165) is 102 Å². The Kier molecular flexibility index (Phi) is 8.36. The molecule has 350 valence electrons. The second-order valence-corrected chi connectivity index (χ2v) is 21.8. The summed E-state index contributed by atoms with van der Waals surface area (Å²) in [6, 6.07) is 77.7. The van der Waals surface area contributed by atoms with Gasteiger partial charge in [0.25, 0.3) is 0 Å². The zero-order chi connectivity index (χ0) is 49.9. The zero-order valence-corrected chi connectivity index (χ0v) is 41.7. The Morgan fingerprint density at radius 1 is 0.316 bits per heavy atom. The molecular weight excluding hydrogens is 969 g/mol. The lowest BCUT2D eigenvalue weighted by molar-refractivity contribution is 0.668. The number of furan rings is 2. The minimum Gasteiger partial charge on any atom is -0.456 e. The van der Waals surface area contributed by atoms with Gasteiger partial charge in [0.15, 0.2) is 0 Å². The maximum Gasteiger partial charge on any atom is 0.136 e. The number of aromatic nitrogens is 2. The van der Waals surface area contributed by atoms with E-state index in [1.165, 1.54) is 30.9 Å². The Hall–Kier alpha value is -9.96. The van der Waals surface area contributed by atoms with Gasteiger partial charge in [0.05, 0.1) is 44.6 Å². The fraction of sp³-hybridized carbons (Fsp3) is 0. The largest absolute Gasteiger partial charge is 0.456 e. The summed E-state index contributed by atoms with van der Waals surface area (Å²) in [5.74, 6) is 0. The monoisotopic (exact) mass is 1000 g/mol. The molecule has 17 rings (SSSR count). The van der Waals surface area contributed by atoms with Crippen molar-refractivity contribution in [1.29, 1.82) is 10.5 Å². The Bertz CT molecular complexity index is 5300. The van der Waals surface area contributed by atoms with Crippen LogP contribution in [0, 0.1) is 22.7 Å². The van der Waals surface area contributed by atoms with Gasteiger partial charge >= 0.3 is 0 Å². The predicted molar refractivity (Wildman–Crippen MR) is 316 cm³/mol. The van der Waals surface area contributed by atoms with Gasteiger partial charge in [-0.05, 0) is 83.9 Å². The van der Waals surface area contributed by atoms with Crippen LogP contribution in [-0.2, 0) is 0 Å². The molecule has 0 amide bonds. The summed E-state index contributed by atoms with van der Waals surface area (Å²) in [7, 11) is 0. The van der Waals surface area contributed by atoms with Crippen LogP contribution in [0.4, 0.5) is 0 Å². The lowest BCUT2D eigenvalue weighted by Crippen LogP contribution is -2.11. The maximum absolute atomic E-state index is 12.5. The lowest BCUT2D eigenvalue weighted by Gasteiger charge is -2.26. The normalized spacial score (nSPS) is 12.2.